The van der Waals surface area contributed by atoms with E-state index >= 15 is 0 Å². The number of anilines is 2. The lowest BCUT2D eigenvalue weighted by Gasteiger charge is -2.46. The molecule has 0 radical (unpaired) electrons. The highest BCUT2D eigenvalue weighted by Gasteiger charge is 2.41. The highest BCUT2D eigenvalue weighted by molar-refractivity contribution is 5.93. The number of benzene rings is 4. The zero-order chi connectivity index (χ0) is 27.2. The van der Waals surface area contributed by atoms with Crippen molar-refractivity contribution in [2.24, 2.45) is 0 Å². The first-order chi connectivity index (χ1) is 19.0. The number of nitrogens with one attached hydrogen (secondary N) is 1. The Morgan fingerprint density at radius 3 is 2.00 bits per heavy atom. The van der Waals surface area contributed by atoms with Gasteiger partial charge in [0.2, 0.25) is 0 Å². The Morgan fingerprint density at radius 2 is 1.41 bits per heavy atom. The van der Waals surface area contributed by atoms with Crippen LogP contribution in [-0.4, -0.2) is 12.6 Å². The molecule has 1 aliphatic rings. The molecule has 4 aromatic rings. The molecule has 5 rings (SSSR count). The van der Waals surface area contributed by atoms with Gasteiger partial charge in [0.25, 0.3) is 0 Å². The summed E-state index contributed by atoms with van der Waals surface area (Å²) in [6, 6.07) is 37.1. The number of aryl methyl sites for hydroxylation is 2. The number of para-hydroxylation sites is 2. The average Bonchev–Trinajstić information content (AvgIpc) is 2.97. The second-order valence-electron chi connectivity index (χ2n) is 9.96. The lowest BCUT2D eigenvalue weighted by molar-refractivity contribution is -0.138. The second kappa shape index (κ2) is 11.9. The van der Waals surface area contributed by atoms with E-state index in [2.05, 4.69) is 91.3 Å². The number of carbonyl (C=O) groups is 1. The van der Waals surface area contributed by atoms with Gasteiger partial charge in [-0.15, -0.1) is 0 Å². The Hall–Kier alpha value is -4.57. The van der Waals surface area contributed by atoms with Crippen LogP contribution in [0.25, 0.3) is 0 Å². The quantitative estimate of drug-likeness (QED) is 0.191. The van der Waals surface area contributed by atoms with Gasteiger partial charge in [-0.1, -0.05) is 109 Å². The number of rotatable bonds is 8. The molecule has 0 spiro atoms. The summed E-state index contributed by atoms with van der Waals surface area (Å²) in [7, 11) is 0. The van der Waals surface area contributed by atoms with Crippen molar-refractivity contribution in [2.75, 3.05) is 16.8 Å². The van der Waals surface area contributed by atoms with E-state index < -0.39 is 0 Å². The number of hydrogen-bond donors (Lipinski definition) is 1. The van der Waals surface area contributed by atoms with Crippen LogP contribution in [0.2, 0.25) is 0 Å². The Labute approximate surface area is 231 Å². The van der Waals surface area contributed by atoms with Crippen molar-refractivity contribution in [3.8, 4) is 0 Å². The number of ether oxygens (including phenoxy) is 1. The molecule has 0 fully saturated rings. The minimum absolute atomic E-state index is 0.0264. The van der Waals surface area contributed by atoms with Gasteiger partial charge in [0, 0.05) is 23.5 Å². The van der Waals surface area contributed by atoms with Crippen LogP contribution in [0.3, 0.4) is 0 Å². The molecule has 0 amide bonds. The largest absolute Gasteiger partial charge is 0.458 e. The van der Waals surface area contributed by atoms with Crippen LogP contribution in [-0.2, 0) is 9.53 Å². The number of carbonyl (C=O) groups excluding carboxylic acids is 1. The molecule has 4 aromatic carbocycles. The summed E-state index contributed by atoms with van der Waals surface area (Å²) >= 11 is 0. The first-order valence-corrected chi connectivity index (χ1v) is 13.3. The predicted molar refractivity (Wildman–Crippen MR) is 160 cm³/mol. The van der Waals surface area contributed by atoms with Gasteiger partial charge >= 0.3 is 5.97 Å². The molecule has 39 heavy (non-hydrogen) atoms. The van der Waals surface area contributed by atoms with Gasteiger partial charge in [-0.2, -0.15) is 0 Å². The number of hydrogen-bond acceptors (Lipinski definition) is 4. The zero-order valence-corrected chi connectivity index (χ0v) is 22.5. The van der Waals surface area contributed by atoms with Gasteiger partial charge in [0.15, 0.2) is 0 Å². The molecule has 0 aromatic heterocycles. The van der Waals surface area contributed by atoms with Crippen LogP contribution < -0.4 is 10.2 Å². The summed E-state index contributed by atoms with van der Waals surface area (Å²) in [6.45, 7) is 8.08. The van der Waals surface area contributed by atoms with Gasteiger partial charge in [-0.3, -0.25) is 0 Å². The summed E-state index contributed by atoms with van der Waals surface area (Å²) in [5.41, 5.74) is 8.03. The monoisotopic (exact) mass is 514 g/mol. The van der Waals surface area contributed by atoms with Gasteiger partial charge < -0.3 is 15.0 Å². The van der Waals surface area contributed by atoms with Crippen LogP contribution in [0, 0.1) is 13.8 Å². The molecule has 0 saturated carbocycles. The second-order valence-corrected chi connectivity index (χ2v) is 9.96. The maximum absolute atomic E-state index is 13.9. The molecule has 0 unspecified atom stereocenters. The molecule has 1 heterocycles. The van der Waals surface area contributed by atoms with E-state index in [1.165, 1.54) is 16.7 Å². The van der Waals surface area contributed by atoms with Gasteiger partial charge in [0.05, 0.1) is 17.7 Å². The minimum Gasteiger partial charge on any atom is -0.458 e. The van der Waals surface area contributed by atoms with Crippen molar-refractivity contribution in [3.63, 3.8) is 0 Å². The third-order valence-corrected chi connectivity index (χ3v) is 7.14. The van der Waals surface area contributed by atoms with Crippen molar-refractivity contribution in [2.45, 2.75) is 32.4 Å². The lowest BCUT2D eigenvalue weighted by Crippen LogP contribution is -2.41. The van der Waals surface area contributed by atoms with E-state index in [1.54, 1.807) is 6.08 Å². The van der Waals surface area contributed by atoms with Gasteiger partial charge in [-0.25, -0.2) is 4.79 Å². The molecule has 0 aliphatic carbocycles. The molecule has 1 N–H and O–H groups in total. The molecule has 4 heteroatoms. The first-order valence-electron chi connectivity index (χ1n) is 13.3. The molecule has 4 nitrogen and oxygen atoms in total. The highest BCUT2D eigenvalue weighted by Crippen LogP contribution is 2.48. The third-order valence-electron chi connectivity index (χ3n) is 7.14. The molecular formula is C35H34N2O2. The maximum Gasteiger partial charge on any atom is 0.338 e. The third kappa shape index (κ3) is 5.80. The van der Waals surface area contributed by atoms with Gasteiger partial charge in [0.1, 0.15) is 6.61 Å². The SMILES string of the molecule is C=CCOC(=O)C1=C(Nc2ccccc2)C[C@@H](c2ccc(C)cc2)N(c2ccccc2)[C@@H]1c1ccc(C)cc1. The normalized spacial score (nSPS) is 17.0. The summed E-state index contributed by atoms with van der Waals surface area (Å²) in [5, 5.41) is 3.61. The topological polar surface area (TPSA) is 41.6 Å². The van der Waals surface area contributed by atoms with E-state index in [-0.39, 0.29) is 24.7 Å². The highest BCUT2D eigenvalue weighted by atomic mass is 16.5. The molecule has 196 valence electrons. The van der Waals surface area contributed by atoms with E-state index in [1.807, 2.05) is 48.5 Å². The average molecular weight is 515 g/mol. The van der Waals surface area contributed by atoms with Crippen LogP contribution in [0.4, 0.5) is 11.4 Å². The summed E-state index contributed by atoms with van der Waals surface area (Å²) in [6.07, 6.45) is 2.21. The predicted octanol–water partition coefficient (Wildman–Crippen LogP) is 8.09. The van der Waals surface area contributed by atoms with Crippen molar-refractivity contribution >= 4 is 17.3 Å². The molecular weight excluding hydrogens is 480 g/mol. The Bertz CT molecular complexity index is 1440. The van der Waals surface area contributed by atoms with E-state index in [4.69, 9.17) is 4.74 Å². The summed E-state index contributed by atoms with van der Waals surface area (Å²) in [4.78, 5) is 16.2. The smallest absolute Gasteiger partial charge is 0.338 e. The summed E-state index contributed by atoms with van der Waals surface area (Å²) < 4.78 is 5.73. The Morgan fingerprint density at radius 1 is 0.846 bits per heavy atom. The standard InChI is InChI=1S/C35H34N2O2/c1-4-23-39-35(38)33-31(36-29-11-7-5-8-12-29)24-32(27-19-15-25(2)16-20-27)37(30-13-9-6-10-14-30)34(33)28-21-17-26(3)18-22-28/h4-22,32,34,36H,1,23-24H2,2-3H3/t32-,34+/m0/s1. The number of esters is 1. The van der Waals surface area contributed by atoms with Crippen molar-refractivity contribution < 1.29 is 9.53 Å². The van der Waals surface area contributed by atoms with Crippen LogP contribution in [0.5, 0.6) is 0 Å². The van der Waals surface area contributed by atoms with Crippen molar-refractivity contribution in [3.05, 3.63) is 155 Å². The lowest BCUT2D eigenvalue weighted by atomic mass is 9.83. The molecule has 0 bridgehead atoms. The van der Waals surface area contributed by atoms with Crippen molar-refractivity contribution in [1.82, 2.24) is 0 Å². The molecule has 0 saturated heterocycles. The zero-order valence-electron chi connectivity index (χ0n) is 22.5. The fraction of sp³-hybridized carbons (Fsp3) is 0.171. The first kappa shape index (κ1) is 26.1. The van der Waals surface area contributed by atoms with Gasteiger partial charge in [-0.05, 0) is 49.2 Å². The van der Waals surface area contributed by atoms with E-state index in [0.29, 0.717) is 12.0 Å². The fourth-order valence-electron chi connectivity index (χ4n) is 5.22. The van der Waals surface area contributed by atoms with E-state index in [0.717, 1.165) is 22.6 Å². The Balaban J connectivity index is 1.76. The van der Waals surface area contributed by atoms with Crippen LogP contribution in [0.1, 0.15) is 40.8 Å². The Kier molecular flexibility index (Phi) is 7.93. The van der Waals surface area contributed by atoms with E-state index in [9.17, 15) is 4.79 Å². The number of nitrogens with zero attached hydrogens (tertiary/aromatic N) is 1. The molecule has 2 atom stereocenters. The molecule has 1 aliphatic heterocycles. The maximum atomic E-state index is 13.9. The van der Waals surface area contributed by atoms with Crippen LogP contribution in [0.15, 0.2) is 133 Å². The minimum atomic E-state index is -0.378. The fourth-order valence-corrected chi connectivity index (χ4v) is 5.22. The summed E-state index contributed by atoms with van der Waals surface area (Å²) in [5.74, 6) is -0.345. The van der Waals surface area contributed by atoms with Crippen LogP contribution >= 0.6 is 0 Å². The van der Waals surface area contributed by atoms with Crippen molar-refractivity contribution in [1.29, 1.82) is 0 Å².